The molecule has 0 aliphatic rings. The molecule has 0 bridgehead atoms. The summed E-state index contributed by atoms with van der Waals surface area (Å²) in [6.07, 6.45) is 2.05. The minimum atomic E-state index is 0.710. The molecule has 0 N–H and O–H groups in total. The van der Waals surface area contributed by atoms with E-state index in [0.717, 1.165) is 22.5 Å². The highest BCUT2D eigenvalue weighted by Gasteiger charge is 2.26. The van der Waals surface area contributed by atoms with E-state index < -0.39 is 0 Å². The molecular formula is C46H27N3S. The Morgan fingerprint density at radius 1 is 0.420 bits per heavy atom. The first-order chi connectivity index (χ1) is 24.8. The van der Waals surface area contributed by atoms with Gasteiger partial charge in [0.2, 0.25) is 0 Å². The average Bonchev–Trinajstić information content (AvgIpc) is 3.76. The van der Waals surface area contributed by atoms with Crippen molar-refractivity contribution in [3.63, 3.8) is 0 Å². The molecule has 0 unspecified atom stereocenters. The van der Waals surface area contributed by atoms with Crippen molar-refractivity contribution in [2.24, 2.45) is 0 Å². The Kier molecular flexibility index (Phi) is 5.83. The molecule has 0 saturated heterocycles. The molecule has 4 heteroatoms. The summed E-state index contributed by atoms with van der Waals surface area (Å²) in [5.41, 5.74) is 6.29. The Balaban J connectivity index is 1.45. The third kappa shape index (κ3) is 3.79. The maximum absolute atomic E-state index is 5.38. The number of aromatic nitrogens is 3. The first-order valence-electron chi connectivity index (χ1n) is 16.9. The molecule has 8 aromatic carbocycles. The van der Waals surface area contributed by atoms with Crippen LogP contribution in [0.3, 0.4) is 0 Å². The van der Waals surface area contributed by atoms with E-state index >= 15 is 0 Å². The lowest BCUT2D eigenvalue weighted by Crippen LogP contribution is -2.03. The Labute approximate surface area is 291 Å². The lowest BCUT2D eigenvalue weighted by atomic mass is 9.94. The van der Waals surface area contributed by atoms with Gasteiger partial charge in [-0.3, -0.25) is 0 Å². The van der Waals surface area contributed by atoms with Crippen molar-refractivity contribution in [1.82, 2.24) is 14.5 Å². The number of nitrogens with zero attached hydrogens (tertiary/aromatic N) is 3. The molecule has 3 aromatic heterocycles. The second kappa shape index (κ2) is 10.6. The maximum Gasteiger partial charge on any atom is 0.159 e. The topological polar surface area (TPSA) is 30.7 Å². The van der Waals surface area contributed by atoms with Gasteiger partial charge in [-0.2, -0.15) is 0 Å². The van der Waals surface area contributed by atoms with Crippen LogP contribution in [0.4, 0.5) is 0 Å². The SMILES string of the molecule is c1ccc(-c2ncc(-n3c4c5ccccc5c5ccccc5c4c4c5ccccc5c5c6ccccc6sc5c43)c(-c3ccccc3)n2)cc1. The summed E-state index contributed by atoms with van der Waals surface area (Å²) in [4.78, 5) is 10.5. The largest absolute Gasteiger partial charge is 0.304 e. The Morgan fingerprint density at radius 2 is 0.920 bits per heavy atom. The highest BCUT2D eigenvalue weighted by molar-refractivity contribution is 7.27. The van der Waals surface area contributed by atoms with Crippen LogP contribution in [-0.4, -0.2) is 14.5 Å². The zero-order valence-electron chi connectivity index (χ0n) is 26.8. The molecule has 0 radical (unpaired) electrons. The minimum absolute atomic E-state index is 0.710. The number of benzene rings is 8. The molecule has 11 rings (SSSR count). The number of rotatable bonds is 3. The maximum atomic E-state index is 5.38. The van der Waals surface area contributed by atoms with Gasteiger partial charge in [0, 0.05) is 42.8 Å². The summed E-state index contributed by atoms with van der Waals surface area (Å²) in [5.74, 6) is 0.710. The van der Waals surface area contributed by atoms with Crippen LogP contribution < -0.4 is 0 Å². The normalized spacial score (nSPS) is 12.0. The summed E-state index contributed by atoms with van der Waals surface area (Å²) in [5, 5.41) is 12.6. The number of hydrogen-bond donors (Lipinski definition) is 0. The Bertz CT molecular complexity index is 3140. The molecule has 3 nitrogen and oxygen atoms in total. The summed E-state index contributed by atoms with van der Waals surface area (Å²) in [6.45, 7) is 0. The van der Waals surface area contributed by atoms with Crippen molar-refractivity contribution < 1.29 is 0 Å². The van der Waals surface area contributed by atoms with E-state index in [-0.39, 0.29) is 0 Å². The van der Waals surface area contributed by atoms with E-state index in [2.05, 4.69) is 150 Å². The first kappa shape index (κ1) is 27.6. The van der Waals surface area contributed by atoms with Gasteiger partial charge in [0.25, 0.3) is 0 Å². The molecular weight excluding hydrogens is 627 g/mol. The van der Waals surface area contributed by atoms with Crippen LogP contribution in [0.5, 0.6) is 0 Å². The second-order valence-electron chi connectivity index (χ2n) is 12.9. The fourth-order valence-electron chi connectivity index (χ4n) is 8.14. The molecule has 0 aliphatic heterocycles. The molecule has 3 heterocycles. The molecule has 0 amide bonds. The summed E-state index contributed by atoms with van der Waals surface area (Å²) >= 11 is 1.88. The minimum Gasteiger partial charge on any atom is -0.304 e. The molecule has 0 saturated carbocycles. The first-order valence-corrected chi connectivity index (χ1v) is 17.7. The molecule has 0 spiro atoms. The molecule has 232 valence electrons. The van der Waals surface area contributed by atoms with Crippen molar-refractivity contribution in [3.8, 4) is 28.3 Å². The number of hydrogen-bond acceptors (Lipinski definition) is 3. The van der Waals surface area contributed by atoms with Gasteiger partial charge in [-0.05, 0) is 33.0 Å². The molecule has 0 atom stereocenters. The fourth-order valence-corrected chi connectivity index (χ4v) is 9.40. The van der Waals surface area contributed by atoms with Crippen molar-refractivity contribution >= 4 is 85.6 Å². The zero-order chi connectivity index (χ0) is 32.8. The second-order valence-corrected chi connectivity index (χ2v) is 13.9. The van der Waals surface area contributed by atoms with Gasteiger partial charge in [-0.15, -0.1) is 11.3 Å². The van der Waals surface area contributed by atoms with Gasteiger partial charge in [-0.25, -0.2) is 9.97 Å². The Morgan fingerprint density at radius 3 is 1.62 bits per heavy atom. The zero-order valence-corrected chi connectivity index (χ0v) is 27.7. The van der Waals surface area contributed by atoms with Gasteiger partial charge < -0.3 is 4.57 Å². The van der Waals surface area contributed by atoms with Crippen LogP contribution in [0.15, 0.2) is 164 Å². The standard InChI is InChI=1S/C46H27N3S/c1-3-15-28(16-4-1)42-37(27-47-46(48-42)29-17-5-2-6-18-29)49-43-35-24-12-8-20-31(35)30-19-7-9-21-32(30)40(43)41-34-23-11-10-22-33(34)39-36-25-13-14-26-38(36)50-45(39)44(41)49/h1-27H. The van der Waals surface area contributed by atoms with Crippen LogP contribution in [0.25, 0.3) is 103 Å². The van der Waals surface area contributed by atoms with E-state index in [1.54, 1.807) is 0 Å². The van der Waals surface area contributed by atoms with Gasteiger partial charge >= 0.3 is 0 Å². The fraction of sp³-hybridized carbons (Fsp3) is 0. The molecule has 11 aromatic rings. The molecule has 0 fully saturated rings. The van der Waals surface area contributed by atoms with E-state index in [1.165, 1.54) is 74.3 Å². The monoisotopic (exact) mass is 653 g/mol. The van der Waals surface area contributed by atoms with Crippen LogP contribution in [0, 0.1) is 0 Å². The molecule has 50 heavy (non-hydrogen) atoms. The highest BCUT2D eigenvalue weighted by atomic mass is 32.1. The summed E-state index contributed by atoms with van der Waals surface area (Å²) in [6, 6.07) is 56.4. The lowest BCUT2D eigenvalue weighted by Gasteiger charge is -2.16. The van der Waals surface area contributed by atoms with Crippen LogP contribution in [-0.2, 0) is 0 Å². The quantitative estimate of drug-likeness (QED) is 0.178. The van der Waals surface area contributed by atoms with E-state index in [0.29, 0.717) is 5.82 Å². The highest BCUT2D eigenvalue weighted by Crippen LogP contribution is 2.51. The van der Waals surface area contributed by atoms with E-state index in [1.807, 2.05) is 29.5 Å². The van der Waals surface area contributed by atoms with Crippen molar-refractivity contribution in [3.05, 3.63) is 164 Å². The predicted molar refractivity (Wildman–Crippen MR) is 213 cm³/mol. The van der Waals surface area contributed by atoms with Gasteiger partial charge in [0.05, 0.1) is 33.3 Å². The van der Waals surface area contributed by atoms with Crippen LogP contribution in [0.1, 0.15) is 0 Å². The third-order valence-electron chi connectivity index (χ3n) is 10.2. The smallest absolute Gasteiger partial charge is 0.159 e. The average molecular weight is 654 g/mol. The van der Waals surface area contributed by atoms with Gasteiger partial charge in [-0.1, -0.05) is 152 Å². The van der Waals surface area contributed by atoms with E-state index in [4.69, 9.17) is 9.97 Å². The molecule has 0 aliphatic carbocycles. The van der Waals surface area contributed by atoms with Crippen LogP contribution in [0.2, 0.25) is 0 Å². The van der Waals surface area contributed by atoms with Gasteiger partial charge in [0.1, 0.15) is 0 Å². The predicted octanol–water partition coefficient (Wildman–Crippen LogP) is 12.7. The van der Waals surface area contributed by atoms with Gasteiger partial charge in [0.15, 0.2) is 5.82 Å². The van der Waals surface area contributed by atoms with E-state index in [9.17, 15) is 0 Å². The Hall–Kier alpha value is -6.36. The summed E-state index contributed by atoms with van der Waals surface area (Å²) < 4.78 is 5.06. The summed E-state index contributed by atoms with van der Waals surface area (Å²) in [7, 11) is 0. The number of thiophene rings is 1. The van der Waals surface area contributed by atoms with Crippen LogP contribution >= 0.6 is 11.3 Å². The van der Waals surface area contributed by atoms with Crippen molar-refractivity contribution in [1.29, 1.82) is 0 Å². The van der Waals surface area contributed by atoms with Crippen molar-refractivity contribution in [2.75, 3.05) is 0 Å². The van der Waals surface area contributed by atoms with Crippen molar-refractivity contribution in [2.45, 2.75) is 0 Å². The third-order valence-corrected chi connectivity index (χ3v) is 11.4. The number of fused-ring (bicyclic) bond motifs is 15. The lowest BCUT2D eigenvalue weighted by molar-refractivity contribution is 1.09.